The monoisotopic (exact) mass is 486 g/mol. The Hall–Kier alpha value is -2.90. The summed E-state index contributed by atoms with van der Waals surface area (Å²) in [6.07, 6.45) is 4.10. The molecule has 8 heteroatoms. The van der Waals surface area contributed by atoms with Crippen LogP contribution in [0, 0.1) is 5.82 Å². The zero-order valence-corrected chi connectivity index (χ0v) is 18.0. The summed E-state index contributed by atoms with van der Waals surface area (Å²) in [5.41, 5.74) is 2.85. The Labute approximate surface area is 186 Å². The highest BCUT2D eigenvalue weighted by atomic mass is 79.9. The van der Waals surface area contributed by atoms with Gasteiger partial charge in [-0.15, -0.1) is 0 Å². The highest BCUT2D eigenvalue weighted by Crippen LogP contribution is 2.37. The van der Waals surface area contributed by atoms with Crippen molar-refractivity contribution in [1.82, 2.24) is 15.0 Å². The van der Waals surface area contributed by atoms with Crippen LogP contribution in [0.15, 0.2) is 65.5 Å². The first-order chi connectivity index (χ1) is 14.5. The van der Waals surface area contributed by atoms with Gasteiger partial charge in [0.2, 0.25) is 0 Å². The van der Waals surface area contributed by atoms with E-state index in [2.05, 4.69) is 36.2 Å². The molecule has 30 heavy (non-hydrogen) atoms. The van der Waals surface area contributed by atoms with Gasteiger partial charge in [0.05, 0.1) is 17.0 Å². The number of halogens is 3. The topological polar surface area (TPSA) is 73.8 Å². The van der Waals surface area contributed by atoms with Gasteiger partial charge < -0.3 is 15.4 Å². The number of hydrogen-bond acceptors (Lipinski definition) is 4. The normalized spacial score (nSPS) is 10.9. The van der Waals surface area contributed by atoms with Gasteiger partial charge in [-0.3, -0.25) is 0 Å². The number of anilines is 1. The minimum Gasteiger partial charge on any atom is -0.507 e. The molecule has 4 rings (SSSR count). The summed E-state index contributed by atoms with van der Waals surface area (Å²) >= 11 is 9.71. The van der Waals surface area contributed by atoms with E-state index in [9.17, 15) is 9.50 Å². The molecule has 0 aliphatic rings. The second-order valence-electron chi connectivity index (χ2n) is 6.64. The lowest BCUT2D eigenvalue weighted by Crippen LogP contribution is -2.07. The fourth-order valence-corrected chi connectivity index (χ4v) is 3.77. The summed E-state index contributed by atoms with van der Waals surface area (Å²) in [5.74, 6) is 0.188. The average molecular weight is 488 g/mol. The van der Waals surface area contributed by atoms with Crippen molar-refractivity contribution in [3.05, 3.63) is 82.1 Å². The molecule has 0 unspecified atom stereocenters. The summed E-state index contributed by atoms with van der Waals surface area (Å²) in [4.78, 5) is 11.7. The molecule has 0 atom stereocenters. The van der Waals surface area contributed by atoms with Gasteiger partial charge in [0.15, 0.2) is 0 Å². The van der Waals surface area contributed by atoms with E-state index >= 15 is 0 Å². The third-order valence-electron chi connectivity index (χ3n) is 4.57. The number of nitrogens with one attached hydrogen (secondary N) is 2. The van der Waals surface area contributed by atoms with Crippen molar-refractivity contribution in [2.45, 2.75) is 6.42 Å². The number of benzene rings is 2. The predicted molar refractivity (Wildman–Crippen MR) is 120 cm³/mol. The second-order valence-corrected chi connectivity index (χ2v) is 7.96. The van der Waals surface area contributed by atoms with Crippen molar-refractivity contribution < 1.29 is 9.50 Å². The van der Waals surface area contributed by atoms with Crippen LogP contribution in [0.1, 0.15) is 5.69 Å². The van der Waals surface area contributed by atoms with Crippen molar-refractivity contribution in [2.75, 3.05) is 11.9 Å². The van der Waals surface area contributed by atoms with Gasteiger partial charge >= 0.3 is 0 Å². The Kier molecular flexibility index (Phi) is 6.01. The van der Waals surface area contributed by atoms with Crippen LogP contribution >= 0.6 is 27.5 Å². The molecule has 2 aromatic heterocycles. The quantitative estimate of drug-likeness (QED) is 0.309. The summed E-state index contributed by atoms with van der Waals surface area (Å²) in [6, 6.07) is 13.1. The molecule has 0 fully saturated rings. The zero-order chi connectivity index (χ0) is 21.1. The van der Waals surface area contributed by atoms with Gasteiger partial charge in [0.25, 0.3) is 0 Å². The number of aromatic hydroxyl groups is 1. The fourth-order valence-electron chi connectivity index (χ4n) is 3.14. The summed E-state index contributed by atoms with van der Waals surface area (Å²) in [7, 11) is 0. The van der Waals surface area contributed by atoms with E-state index < -0.39 is 5.82 Å². The molecule has 0 spiro atoms. The number of imidazole rings is 1. The lowest BCUT2D eigenvalue weighted by molar-refractivity contribution is 0.477. The van der Waals surface area contributed by atoms with E-state index in [0.717, 1.165) is 10.2 Å². The zero-order valence-electron chi connectivity index (χ0n) is 15.7. The largest absolute Gasteiger partial charge is 0.507 e. The molecular formula is C22H17BrClFN4O. The van der Waals surface area contributed by atoms with Crippen LogP contribution in [0.3, 0.4) is 0 Å². The van der Waals surface area contributed by atoms with E-state index in [4.69, 9.17) is 11.6 Å². The summed E-state index contributed by atoms with van der Waals surface area (Å²) in [5, 5.41) is 13.9. The minimum absolute atomic E-state index is 0.0749. The first-order valence-electron chi connectivity index (χ1n) is 9.18. The molecule has 3 N–H and O–H groups in total. The highest BCUT2D eigenvalue weighted by molar-refractivity contribution is 9.10. The Bertz CT molecular complexity index is 1160. The van der Waals surface area contributed by atoms with Crippen LogP contribution in [0.5, 0.6) is 5.75 Å². The van der Waals surface area contributed by atoms with Gasteiger partial charge in [-0.05, 0) is 48.0 Å². The number of pyridine rings is 1. The smallest absolute Gasteiger partial charge is 0.132 e. The van der Waals surface area contributed by atoms with E-state index in [1.807, 2.05) is 0 Å². The van der Waals surface area contributed by atoms with Crippen LogP contribution in [-0.2, 0) is 6.42 Å². The van der Waals surface area contributed by atoms with Gasteiger partial charge in [-0.25, -0.2) is 14.4 Å². The first kappa shape index (κ1) is 20.4. The molecule has 0 aliphatic carbocycles. The molecule has 0 radical (unpaired) electrons. The number of H-pyrrole nitrogens is 1. The number of phenols is 1. The highest BCUT2D eigenvalue weighted by Gasteiger charge is 2.15. The fraction of sp³-hybridized carbons (Fsp3) is 0.0909. The van der Waals surface area contributed by atoms with Crippen LogP contribution in [0.2, 0.25) is 5.02 Å². The van der Waals surface area contributed by atoms with Crippen LogP contribution in [0.25, 0.3) is 22.4 Å². The molecule has 0 saturated carbocycles. The Balaban J connectivity index is 1.76. The predicted octanol–water partition coefficient (Wildman–Crippen LogP) is 6.05. The molecule has 0 amide bonds. The van der Waals surface area contributed by atoms with E-state index in [1.54, 1.807) is 55.0 Å². The molecular weight excluding hydrogens is 471 g/mol. The number of hydrogen-bond donors (Lipinski definition) is 3. The Morgan fingerprint density at radius 3 is 2.80 bits per heavy atom. The van der Waals surface area contributed by atoms with Crippen molar-refractivity contribution in [1.29, 1.82) is 0 Å². The maximum Gasteiger partial charge on any atom is 0.132 e. The van der Waals surface area contributed by atoms with Crippen molar-refractivity contribution in [3.63, 3.8) is 0 Å². The molecule has 2 heterocycles. The maximum absolute atomic E-state index is 14.6. The van der Waals surface area contributed by atoms with Crippen LogP contribution in [0.4, 0.5) is 10.2 Å². The number of nitrogens with zero attached hydrogens (tertiary/aromatic N) is 2. The van der Waals surface area contributed by atoms with Gasteiger partial charge in [0.1, 0.15) is 17.4 Å². The van der Waals surface area contributed by atoms with Crippen molar-refractivity contribution in [3.8, 4) is 28.1 Å². The number of rotatable bonds is 6. The molecule has 152 valence electrons. The van der Waals surface area contributed by atoms with Gasteiger partial charge in [0, 0.05) is 40.5 Å². The van der Waals surface area contributed by atoms with E-state index in [0.29, 0.717) is 40.6 Å². The van der Waals surface area contributed by atoms with Gasteiger partial charge in [-0.2, -0.15) is 0 Å². The van der Waals surface area contributed by atoms with E-state index in [-0.39, 0.29) is 11.3 Å². The standard InChI is InChI=1S/C22H17BrClFN4O/c23-14-4-5-20(30)16(10-14)19-8-13(22-17(24)2-1-3-18(22)25)9-21(29-19)27-7-6-15-11-26-12-28-15/h1-5,8-12,30H,6-7H2,(H,26,28)(H,27,29). The Morgan fingerprint density at radius 1 is 1.17 bits per heavy atom. The molecule has 4 aromatic rings. The maximum atomic E-state index is 14.6. The van der Waals surface area contributed by atoms with E-state index in [1.165, 1.54) is 6.07 Å². The first-order valence-corrected chi connectivity index (χ1v) is 10.3. The third-order valence-corrected chi connectivity index (χ3v) is 5.37. The van der Waals surface area contributed by atoms with Crippen LogP contribution < -0.4 is 5.32 Å². The number of aromatic nitrogens is 3. The summed E-state index contributed by atoms with van der Waals surface area (Å²) in [6.45, 7) is 0.591. The Morgan fingerprint density at radius 2 is 2.03 bits per heavy atom. The van der Waals surface area contributed by atoms with Crippen LogP contribution in [-0.4, -0.2) is 26.6 Å². The number of phenolic OH excluding ortho intramolecular Hbond substituents is 1. The second kappa shape index (κ2) is 8.85. The molecule has 2 aromatic carbocycles. The lowest BCUT2D eigenvalue weighted by Gasteiger charge is -2.13. The molecule has 5 nitrogen and oxygen atoms in total. The molecule has 0 bridgehead atoms. The van der Waals surface area contributed by atoms with Crippen molar-refractivity contribution in [2.24, 2.45) is 0 Å². The lowest BCUT2D eigenvalue weighted by atomic mass is 10.0. The number of aromatic amines is 1. The SMILES string of the molecule is Oc1ccc(Br)cc1-c1cc(-c2c(F)cccc2Cl)cc(NCCc2cnc[nH]2)n1. The third kappa shape index (κ3) is 4.47. The average Bonchev–Trinajstić information content (AvgIpc) is 3.23. The van der Waals surface area contributed by atoms with Gasteiger partial charge in [-0.1, -0.05) is 33.6 Å². The molecule has 0 saturated heterocycles. The molecule has 0 aliphatic heterocycles. The summed E-state index contributed by atoms with van der Waals surface area (Å²) < 4.78 is 15.4. The van der Waals surface area contributed by atoms with Crippen molar-refractivity contribution >= 4 is 33.3 Å². The minimum atomic E-state index is -0.429.